The number of carbonyl (C=O) groups is 1. The molecule has 46 valence electrons. The smallest absolute Gasteiger partial charge is 0.229 e. The van der Waals surface area contributed by atoms with Gasteiger partial charge in [0.25, 0.3) is 0 Å². The summed E-state index contributed by atoms with van der Waals surface area (Å²) in [5.74, 6) is 0. The Morgan fingerprint density at radius 1 is 1.88 bits per heavy atom. The molecule has 0 radical (unpaired) electrons. The normalized spacial score (nSPS) is 9.75. The van der Waals surface area contributed by atoms with E-state index in [0.29, 0.717) is 13.0 Å². The van der Waals surface area contributed by atoms with Crippen LogP contribution in [0.25, 0.3) is 0 Å². The Balaban J connectivity index is 3.35. The topological polar surface area (TPSA) is 58.7 Å². The Morgan fingerprint density at radius 3 is 2.88 bits per heavy atom. The molecule has 0 aliphatic rings. The SMILES string of the molecule is CN(C=O)N=CCN. The van der Waals surface area contributed by atoms with Gasteiger partial charge in [-0.2, -0.15) is 5.10 Å². The van der Waals surface area contributed by atoms with E-state index in [0.717, 1.165) is 5.01 Å². The van der Waals surface area contributed by atoms with Crippen LogP contribution in [-0.2, 0) is 4.79 Å². The van der Waals surface area contributed by atoms with Crippen LogP contribution in [0, 0.1) is 0 Å². The fourth-order valence-electron chi connectivity index (χ4n) is 0.203. The van der Waals surface area contributed by atoms with Gasteiger partial charge in [-0.3, -0.25) is 4.79 Å². The molecule has 8 heavy (non-hydrogen) atoms. The summed E-state index contributed by atoms with van der Waals surface area (Å²) in [6, 6.07) is 0. The zero-order chi connectivity index (χ0) is 6.41. The van der Waals surface area contributed by atoms with Crippen molar-refractivity contribution in [2.24, 2.45) is 10.8 Å². The van der Waals surface area contributed by atoms with Gasteiger partial charge in [0.05, 0.1) is 0 Å². The molecule has 0 heterocycles. The van der Waals surface area contributed by atoms with Gasteiger partial charge in [0.2, 0.25) is 6.41 Å². The highest BCUT2D eigenvalue weighted by Crippen LogP contribution is 1.69. The minimum Gasteiger partial charge on any atom is -0.326 e. The second-order valence-electron chi connectivity index (χ2n) is 1.21. The fraction of sp³-hybridized carbons (Fsp3) is 0.500. The monoisotopic (exact) mass is 115 g/mol. The summed E-state index contributed by atoms with van der Waals surface area (Å²) in [6.07, 6.45) is 2.06. The molecule has 0 saturated heterocycles. The lowest BCUT2D eigenvalue weighted by Crippen LogP contribution is -2.10. The van der Waals surface area contributed by atoms with Crippen LogP contribution in [0.2, 0.25) is 0 Å². The fourth-order valence-corrected chi connectivity index (χ4v) is 0.203. The molecule has 0 atom stereocenters. The van der Waals surface area contributed by atoms with Crippen molar-refractivity contribution in [3.8, 4) is 0 Å². The molecule has 0 aromatic rings. The largest absolute Gasteiger partial charge is 0.326 e. The average molecular weight is 115 g/mol. The quantitative estimate of drug-likeness (QED) is 0.292. The van der Waals surface area contributed by atoms with Crippen molar-refractivity contribution < 1.29 is 4.79 Å². The molecular formula is C4H9N3O. The third-order valence-electron chi connectivity index (χ3n) is 0.522. The Bertz CT molecular complexity index is 91.3. The summed E-state index contributed by atoms with van der Waals surface area (Å²) in [6.45, 7) is 0.359. The highest BCUT2D eigenvalue weighted by molar-refractivity contribution is 5.60. The van der Waals surface area contributed by atoms with Gasteiger partial charge in [-0.25, -0.2) is 5.01 Å². The molecule has 4 nitrogen and oxygen atoms in total. The number of hydrazone groups is 1. The van der Waals surface area contributed by atoms with Crippen molar-refractivity contribution >= 4 is 12.6 Å². The molecule has 0 aliphatic heterocycles. The van der Waals surface area contributed by atoms with Crippen molar-refractivity contribution in [3.63, 3.8) is 0 Å². The summed E-state index contributed by atoms with van der Waals surface area (Å²) in [7, 11) is 1.54. The van der Waals surface area contributed by atoms with Crippen molar-refractivity contribution in [2.75, 3.05) is 13.6 Å². The van der Waals surface area contributed by atoms with Crippen molar-refractivity contribution in [1.82, 2.24) is 5.01 Å². The van der Waals surface area contributed by atoms with Gasteiger partial charge in [-0.15, -0.1) is 0 Å². The summed E-state index contributed by atoms with van der Waals surface area (Å²) in [5.41, 5.74) is 5.04. The van der Waals surface area contributed by atoms with E-state index >= 15 is 0 Å². The Labute approximate surface area is 48.0 Å². The number of hydrogen-bond donors (Lipinski definition) is 1. The number of rotatable bonds is 3. The average Bonchev–Trinajstić information content (AvgIpc) is 1.83. The van der Waals surface area contributed by atoms with Crippen LogP contribution >= 0.6 is 0 Å². The second kappa shape index (κ2) is 4.26. The van der Waals surface area contributed by atoms with E-state index in [2.05, 4.69) is 5.10 Å². The van der Waals surface area contributed by atoms with Crippen LogP contribution in [0.1, 0.15) is 0 Å². The molecule has 0 aromatic carbocycles. The summed E-state index contributed by atoms with van der Waals surface area (Å²) in [4.78, 5) is 9.78. The van der Waals surface area contributed by atoms with Gasteiger partial charge in [0.15, 0.2) is 0 Å². The van der Waals surface area contributed by atoms with E-state index in [1.807, 2.05) is 0 Å². The first-order chi connectivity index (χ1) is 3.81. The molecule has 0 aromatic heterocycles. The van der Waals surface area contributed by atoms with Crippen LogP contribution in [0.5, 0.6) is 0 Å². The lowest BCUT2D eigenvalue weighted by atomic mass is 10.8. The zero-order valence-corrected chi connectivity index (χ0v) is 4.74. The molecule has 1 amide bonds. The van der Waals surface area contributed by atoms with Gasteiger partial charge in [-0.05, 0) is 0 Å². The molecule has 0 unspecified atom stereocenters. The molecule has 2 N–H and O–H groups in total. The lowest BCUT2D eigenvalue weighted by molar-refractivity contribution is -0.116. The third kappa shape index (κ3) is 3.30. The van der Waals surface area contributed by atoms with Gasteiger partial charge < -0.3 is 5.73 Å². The Hall–Kier alpha value is -0.900. The van der Waals surface area contributed by atoms with Crippen molar-refractivity contribution in [3.05, 3.63) is 0 Å². The Kier molecular flexibility index (Phi) is 3.78. The highest BCUT2D eigenvalue weighted by Gasteiger charge is 1.79. The van der Waals surface area contributed by atoms with Crippen LogP contribution in [0.15, 0.2) is 5.10 Å². The van der Waals surface area contributed by atoms with E-state index in [9.17, 15) is 4.79 Å². The summed E-state index contributed by atoms with van der Waals surface area (Å²) >= 11 is 0. The number of nitrogens with zero attached hydrogens (tertiary/aromatic N) is 2. The maximum absolute atomic E-state index is 9.78. The minimum atomic E-state index is 0.359. The maximum Gasteiger partial charge on any atom is 0.229 e. The van der Waals surface area contributed by atoms with Crippen molar-refractivity contribution in [2.45, 2.75) is 0 Å². The number of nitrogens with two attached hydrogens (primary N) is 1. The van der Waals surface area contributed by atoms with Crippen LogP contribution in [-0.4, -0.2) is 31.2 Å². The predicted molar refractivity (Wildman–Crippen MR) is 31.4 cm³/mol. The van der Waals surface area contributed by atoms with Gasteiger partial charge in [-0.1, -0.05) is 0 Å². The van der Waals surface area contributed by atoms with E-state index in [-0.39, 0.29) is 0 Å². The number of hydrogen-bond acceptors (Lipinski definition) is 3. The molecule has 0 rings (SSSR count). The van der Waals surface area contributed by atoms with Gasteiger partial charge in [0, 0.05) is 19.8 Å². The summed E-state index contributed by atoms with van der Waals surface area (Å²) < 4.78 is 0. The highest BCUT2D eigenvalue weighted by atomic mass is 16.1. The number of carbonyl (C=O) groups excluding carboxylic acids is 1. The maximum atomic E-state index is 9.78. The van der Waals surface area contributed by atoms with E-state index < -0.39 is 0 Å². The Morgan fingerprint density at radius 2 is 2.50 bits per heavy atom. The van der Waals surface area contributed by atoms with Crippen LogP contribution in [0.3, 0.4) is 0 Å². The van der Waals surface area contributed by atoms with Crippen LogP contribution < -0.4 is 5.73 Å². The zero-order valence-electron chi connectivity index (χ0n) is 4.74. The molecule has 0 bridgehead atoms. The second-order valence-corrected chi connectivity index (χ2v) is 1.21. The molecule has 4 heteroatoms. The lowest BCUT2D eigenvalue weighted by Gasteiger charge is -1.97. The molecule has 0 saturated carbocycles. The molecule has 0 spiro atoms. The standard InChI is InChI=1S/C4H9N3O/c1-7(4-8)6-3-2-5/h3-4H,2,5H2,1H3. The van der Waals surface area contributed by atoms with Crippen LogP contribution in [0.4, 0.5) is 0 Å². The third-order valence-corrected chi connectivity index (χ3v) is 0.522. The first-order valence-electron chi connectivity index (χ1n) is 2.22. The predicted octanol–water partition coefficient (Wildman–Crippen LogP) is -0.981. The van der Waals surface area contributed by atoms with E-state index in [1.165, 1.54) is 6.21 Å². The van der Waals surface area contributed by atoms with Gasteiger partial charge >= 0.3 is 0 Å². The van der Waals surface area contributed by atoms with E-state index in [1.54, 1.807) is 7.05 Å². The first kappa shape index (κ1) is 7.10. The minimum absolute atomic E-state index is 0.359. The molecule has 0 fully saturated rings. The number of amides is 1. The molecular weight excluding hydrogens is 106 g/mol. The molecule has 0 aliphatic carbocycles. The van der Waals surface area contributed by atoms with E-state index in [4.69, 9.17) is 5.73 Å². The van der Waals surface area contributed by atoms with Gasteiger partial charge in [0.1, 0.15) is 0 Å². The summed E-state index contributed by atoms with van der Waals surface area (Å²) in [5, 5.41) is 4.72. The van der Waals surface area contributed by atoms with Crippen molar-refractivity contribution in [1.29, 1.82) is 0 Å². The first-order valence-corrected chi connectivity index (χ1v) is 2.22.